The van der Waals surface area contributed by atoms with Gasteiger partial charge in [-0.1, -0.05) is 6.07 Å². The molecule has 3 atom stereocenters. The molecule has 10 heteroatoms. The first-order valence-electron chi connectivity index (χ1n) is 11.9. The van der Waals surface area contributed by atoms with E-state index < -0.39 is 11.9 Å². The third kappa shape index (κ3) is 4.58. The zero-order valence-electron chi connectivity index (χ0n) is 18.4. The van der Waals surface area contributed by atoms with Gasteiger partial charge >= 0.3 is 6.18 Å². The van der Waals surface area contributed by atoms with Crippen LogP contribution in [0.2, 0.25) is 0 Å². The SMILES string of the molecule is N=C(C(=O)NC1CCC(Nc2cccc3nc(C(F)(F)F)cn23)CC1)C1C2CCCC[NH2+]C21. The molecule has 2 aromatic rings. The number of nitrogens with zero attached hydrogens (tertiary/aromatic N) is 2. The number of nitrogens with two attached hydrogens (primary N) is 1. The predicted octanol–water partition coefficient (Wildman–Crippen LogP) is 2.57. The maximum absolute atomic E-state index is 13.0. The van der Waals surface area contributed by atoms with E-state index in [4.69, 9.17) is 5.41 Å². The molecule has 3 aliphatic rings. The van der Waals surface area contributed by atoms with E-state index >= 15 is 0 Å². The number of fused-ring (bicyclic) bond motifs is 2. The van der Waals surface area contributed by atoms with Gasteiger partial charge in [-0.05, 0) is 57.1 Å². The summed E-state index contributed by atoms with van der Waals surface area (Å²) in [5.74, 6) is 0.920. The van der Waals surface area contributed by atoms with Gasteiger partial charge in [-0.2, -0.15) is 13.2 Å². The summed E-state index contributed by atoms with van der Waals surface area (Å²) < 4.78 is 40.5. The van der Waals surface area contributed by atoms with Gasteiger partial charge in [0.25, 0.3) is 5.91 Å². The highest BCUT2D eigenvalue weighted by molar-refractivity contribution is 6.39. The number of rotatable bonds is 5. The molecule has 3 unspecified atom stereocenters. The van der Waals surface area contributed by atoms with Gasteiger partial charge in [0.2, 0.25) is 0 Å². The van der Waals surface area contributed by atoms with Crippen LogP contribution in [0.3, 0.4) is 0 Å². The number of halogens is 3. The summed E-state index contributed by atoms with van der Waals surface area (Å²) in [6.07, 6.45) is 3.18. The molecule has 3 heterocycles. The smallest absolute Gasteiger partial charge is 0.368 e. The fourth-order valence-electron chi connectivity index (χ4n) is 5.61. The van der Waals surface area contributed by atoms with E-state index in [1.807, 2.05) is 0 Å². The summed E-state index contributed by atoms with van der Waals surface area (Å²) in [6, 6.07) is 5.54. The number of alkyl halides is 3. The molecule has 2 aromatic heterocycles. The Labute approximate surface area is 190 Å². The van der Waals surface area contributed by atoms with Crippen LogP contribution < -0.4 is 16.0 Å². The topological polar surface area (TPSA) is 98.9 Å². The van der Waals surface area contributed by atoms with Crippen molar-refractivity contribution in [2.45, 2.75) is 69.2 Å². The van der Waals surface area contributed by atoms with Crippen LogP contribution in [0, 0.1) is 17.2 Å². The first-order chi connectivity index (χ1) is 15.8. The highest BCUT2D eigenvalue weighted by atomic mass is 19.4. The fraction of sp³-hybridized carbons (Fsp3) is 0.609. The van der Waals surface area contributed by atoms with Crippen LogP contribution >= 0.6 is 0 Å². The molecule has 7 nitrogen and oxygen atoms in total. The van der Waals surface area contributed by atoms with Crippen LogP contribution in [-0.4, -0.2) is 45.7 Å². The molecule has 0 aromatic carbocycles. The Hall–Kier alpha value is -2.62. The molecule has 2 saturated carbocycles. The molecule has 0 radical (unpaired) electrons. The summed E-state index contributed by atoms with van der Waals surface area (Å²) >= 11 is 0. The first kappa shape index (κ1) is 22.2. The van der Waals surface area contributed by atoms with Crippen LogP contribution in [0.5, 0.6) is 0 Å². The van der Waals surface area contributed by atoms with Gasteiger partial charge in [0.05, 0.1) is 18.5 Å². The van der Waals surface area contributed by atoms with E-state index in [2.05, 4.69) is 20.9 Å². The third-order valence-corrected chi connectivity index (χ3v) is 7.43. The minimum Gasteiger partial charge on any atom is -0.368 e. The zero-order valence-corrected chi connectivity index (χ0v) is 18.4. The molecule has 1 saturated heterocycles. The normalized spacial score (nSPS) is 29.7. The lowest BCUT2D eigenvalue weighted by Gasteiger charge is -2.30. The molecule has 3 fully saturated rings. The van der Waals surface area contributed by atoms with Crippen molar-refractivity contribution >= 4 is 23.1 Å². The van der Waals surface area contributed by atoms with E-state index in [1.165, 1.54) is 17.2 Å². The van der Waals surface area contributed by atoms with Crippen molar-refractivity contribution in [2.75, 3.05) is 11.9 Å². The predicted molar refractivity (Wildman–Crippen MR) is 117 cm³/mol. The van der Waals surface area contributed by atoms with Gasteiger partial charge < -0.3 is 16.0 Å². The van der Waals surface area contributed by atoms with Crippen molar-refractivity contribution in [3.63, 3.8) is 0 Å². The molecule has 5 N–H and O–H groups in total. The van der Waals surface area contributed by atoms with Gasteiger partial charge in [0.15, 0.2) is 5.69 Å². The molecule has 33 heavy (non-hydrogen) atoms. The lowest BCUT2D eigenvalue weighted by atomic mass is 9.91. The molecule has 5 rings (SSSR count). The van der Waals surface area contributed by atoms with E-state index in [0.29, 0.717) is 17.8 Å². The molecule has 1 aliphatic heterocycles. The van der Waals surface area contributed by atoms with Gasteiger partial charge in [-0.15, -0.1) is 0 Å². The Morgan fingerprint density at radius 1 is 1.12 bits per heavy atom. The first-order valence-corrected chi connectivity index (χ1v) is 11.9. The molecule has 0 spiro atoms. The Balaban J connectivity index is 1.14. The van der Waals surface area contributed by atoms with Crippen LogP contribution in [0.1, 0.15) is 50.6 Å². The number of hydrogen-bond donors (Lipinski definition) is 4. The van der Waals surface area contributed by atoms with Crippen molar-refractivity contribution < 1.29 is 23.3 Å². The second-order valence-corrected chi connectivity index (χ2v) is 9.63. The Kier molecular flexibility index (Phi) is 5.80. The Bertz CT molecular complexity index is 1030. The van der Waals surface area contributed by atoms with E-state index in [0.717, 1.165) is 44.8 Å². The molecule has 2 aliphatic carbocycles. The molecule has 178 valence electrons. The summed E-state index contributed by atoms with van der Waals surface area (Å²) in [5, 5.41) is 17.1. The lowest BCUT2D eigenvalue weighted by molar-refractivity contribution is -0.670. The van der Waals surface area contributed by atoms with E-state index in [1.54, 1.807) is 18.2 Å². The largest absolute Gasteiger partial charge is 0.434 e. The molecular formula is C23H30F3N6O+. The van der Waals surface area contributed by atoms with Crippen molar-refractivity contribution in [1.29, 1.82) is 5.41 Å². The molecule has 0 bridgehead atoms. The molecule has 1 amide bonds. The quantitative estimate of drug-likeness (QED) is 0.513. The van der Waals surface area contributed by atoms with Gasteiger partial charge in [0.1, 0.15) is 17.2 Å². The molecular weight excluding hydrogens is 433 g/mol. The third-order valence-electron chi connectivity index (χ3n) is 7.43. The lowest BCUT2D eigenvalue weighted by Crippen LogP contribution is -2.86. The van der Waals surface area contributed by atoms with Crippen LogP contribution in [0.25, 0.3) is 5.65 Å². The number of carbonyl (C=O) groups is 1. The van der Waals surface area contributed by atoms with Gasteiger partial charge in [-0.25, -0.2) is 4.98 Å². The number of carbonyl (C=O) groups excluding carboxylic acids is 1. The number of anilines is 1. The number of hydrogen-bond acceptors (Lipinski definition) is 4. The summed E-state index contributed by atoms with van der Waals surface area (Å²) in [6.45, 7) is 1.09. The van der Waals surface area contributed by atoms with Crippen molar-refractivity contribution in [3.05, 3.63) is 30.1 Å². The number of quaternary nitrogens is 1. The number of imidazole rings is 1. The average molecular weight is 464 g/mol. The van der Waals surface area contributed by atoms with Crippen molar-refractivity contribution in [3.8, 4) is 0 Å². The average Bonchev–Trinajstić information content (AvgIpc) is 3.34. The Morgan fingerprint density at radius 2 is 1.88 bits per heavy atom. The highest BCUT2D eigenvalue weighted by Crippen LogP contribution is 2.42. The second kappa shape index (κ2) is 8.62. The minimum absolute atomic E-state index is 0.0318. The van der Waals surface area contributed by atoms with Gasteiger partial charge in [-0.3, -0.25) is 14.6 Å². The Morgan fingerprint density at radius 3 is 2.64 bits per heavy atom. The number of nitrogens with one attached hydrogen (secondary N) is 3. The van der Waals surface area contributed by atoms with Gasteiger partial charge in [0, 0.05) is 24.2 Å². The summed E-state index contributed by atoms with van der Waals surface area (Å²) in [5.41, 5.74) is -0.426. The van der Waals surface area contributed by atoms with Crippen LogP contribution in [0.4, 0.5) is 19.0 Å². The van der Waals surface area contributed by atoms with Crippen LogP contribution in [-0.2, 0) is 11.0 Å². The van der Waals surface area contributed by atoms with Crippen molar-refractivity contribution in [1.82, 2.24) is 14.7 Å². The highest BCUT2D eigenvalue weighted by Gasteiger charge is 2.57. The maximum atomic E-state index is 13.0. The fourth-order valence-corrected chi connectivity index (χ4v) is 5.61. The second-order valence-electron chi connectivity index (χ2n) is 9.63. The van der Waals surface area contributed by atoms with E-state index in [-0.39, 0.29) is 35.3 Å². The van der Waals surface area contributed by atoms with Crippen molar-refractivity contribution in [2.24, 2.45) is 11.8 Å². The summed E-state index contributed by atoms with van der Waals surface area (Å²) in [7, 11) is 0. The van der Waals surface area contributed by atoms with Crippen LogP contribution in [0.15, 0.2) is 24.4 Å². The standard InChI is InChI=1S/C23H29F3N6O/c24-23(25,26)16-12-32-17(5-3-6-18(32)31-16)29-13-7-9-14(10-8-13)30-22(33)20(27)19-15-4-1-2-11-28-21(15)19/h3,5-6,12-15,19,21,27-29H,1-2,4,7-11H2,(H,30,33)/p+1. The maximum Gasteiger partial charge on any atom is 0.434 e. The zero-order chi connectivity index (χ0) is 23.2. The number of pyridine rings is 1. The van der Waals surface area contributed by atoms with E-state index in [9.17, 15) is 18.0 Å². The minimum atomic E-state index is -4.48. The number of amides is 1. The monoisotopic (exact) mass is 463 g/mol. The summed E-state index contributed by atoms with van der Waals surface area (Å²) in [4.78, 5) is 16.3. The number of aromatic nitrogens is 2.